The van der Waals surface area contributed by atoms with Crippen LogP contribution in [-0.4, -0.2) is 9.97 Å². The van der Waals surface area contributed by atoms with Crippen molar-refractivity contribution >= 4 is 38.4 Å². The van der Waals surface area contributed by atoms with Crippen LogP contribution in [0.2, 0.25) is 5.15 Å². The summed E-state index contributed by atoms with van der Waals surface area (Å²) in [4.78, 5) is 9.17. The van der Waals surface area contributed by atoms with Gasteiger partial charge in [0.25, 0.3) is 0 Å². The topological polar surface area (TPSA) is 25.8 Å². The second kappa shape index (κ2) is 5.39. The third-order valence-corrected chi connectivity index (χ3v) is 4.37. The first kappa shape index (κ1) is 14.5. The lowest BCUT2D eigenvalue weighted by Crippen LogP contribution is -1.95. The van der Waals surface area contributed by atoms with Gasteiger partial charge in [-0.05, 0) is 60.0 Å². The molecular weight excluding hydrogens is 348 g/mol. The minimum atomic E-state index is 0.486. The molecule has 0 aliphatic heterocycles. The third-order valence-electron chi connectivity index (χ3n) is 3.47. The first-order chi connectivity index (χ1) is 9.95. The summed E-state index contributed by atoms with van der Waals surface area (Å²) in [6.45, 7) is 6.16. The van der Waals surface area contributed by atoms with E-state index < -0.39 is 0 Å². The molecule has 0 atom stereocenters. The molecule has 0 aliphatic rings. The lowest BCUT2D eigenvalue weighted by atomic mass is 10.0. The van der Waals surface area contributed by atoms with Crippen molar-refractivity contribution in [1.82, 2.24) is 9.97 Å². The average molecular weight is 362 g/mol. The molecule has 0 amide bonds. The Hall–Kier alpha value is -1.45. The second-order valence-corrected chi connectivity index (χ2v) is 6.51. The fraction of sp³-hybridized carbons (Fsp3) is 0.176. The molecule has 3 rings (SSSR count). The van der Waals surface area contributed by atoms with E-state index in [1.807, 2.05) is 25.1 Å². The van der Waals surface area contributed by atoms with Gasteiger partial charge in [0.2, 0.25) is 0 Å². The largest absolute Gasteiger partial charge is 0.227 e. The van der Waals surface area contributed by atoms with Crippen LogP contribution in [0.4, 0.5) is 0 Å². The molecule has 0 saturated carbocycles. The number of benzene rings is 2. The van der Waals surface area contributed by atoms with Crippen LogP contribution < -0.4 is 0 Å². The fourth-order valence-corrected chi connectivity index (χ4v) is 3.36. The van der Waals surface area contributed by atoms with Crippen LogP contribution in [0.3, 0.4) is 0 Å². The molecule has 0 N–H and O–H groups in total. The van der Waals surface area contributed by atoms with E-state index in [-0.39, 0.29) is 0 Å². The van der Waals surface area contributed by atoms with E-state index in [0.29, 0.717) is 11.0 Å². The van der Waals surface area contributed by atoms with E-state index in [0.717, 1.165) is 32.1 Å². The van der Waals surface area contributed by atoms with Gasteiger partial charge in [0.1, 0.15) is 5.15 Å². The predicted molar refractivity (Wildman–Crippen MR) is 91.9 cm³/mol. The Bertz CT molecular complexity index is 859. The molecule has 0 radical (unpaired) electrons. The predicted octanol–water partition coefficient (Wildman–Crippen LogP) is 5.64. The van der Waals surface area contributed by atoms with Gasteiger partial charge < -0.3 is 0 Å². The normalized spacial score (nSPS) is 11.1. The molecule has 0 spiro atoms. The van der Waals surface area contributed by atoms with Crippen molar-refractivity contribution in [1.29, 1.82) is 0 Å². The smallest absolute Gasteiger partial charge is 0.161 e. The van der Waals surface area contributed by atoms with Gasteiger partial charge in [-0.2, -0.15) is 0 Å². The number of halogens is 2. The Labute approximate surface area is 137 Å². The number of nitrogens with zero attached hydrogens (tertiary/aromatic N) is 2. The van der Waals surface area contributed by atoms with Gasteiger partial charge in [-0.1, -0.05) is 35.4 Å². The van der Waals surface area contributed by atoms with Gasteiger partial charge in [-0.15, -0.1) is 0 Å². The fourth-order valence-electron chi connectivity index (χ4n) is 2.47. The van der Waals surface area contributed by atoms with Crippen LogP contribution in [0.25, 0.3) is 22.3 Å². The van der Waals surface area contributed by atoms with Crippen LogP contribution >= 0.6 is 27.5 Å². The number of aromatic nitrogens is 2. The lowest BCUT2D eigenvalue weighted by molar-refractivity contribution is 1.20. The highest BCUT2D eigenvalue weighted by Crippen LogP contribution is 2.31. The number of rotatable bonds is 1. The summed E-state index contributed by atoms with van der Waals surface area (Å²) < 4.78 is 0.938. The zero-order chi connectivity index (χ0) is 15.1. The van der Waals surface area contributed by atoms with E-state index in [4.69, 9.17) is 16.6 Å². The van der Waals surface area contributed by atoms with E-state index in [1.165, 1.54) is 5.56 Å². The summed E-state index contributed by atoms with van der Waals surface area (Å²) in [5.74, 6) is 0.662. The summed E-state index contributed by atoms with van der Waals surface area (Å²) in [5, 5.41) is 1.36. The van der Waals surface area contributed by atoms with Crippen LogP contribution in [0, 0.1) is 20.8 Å². The molecule has 0 aliphatic carbocycles. The zero-order valence-electron chi connectivity index (χ0n) is 12.0. The van der Waals surface area contributed by atoms with Crippen LogP contribution in [0.1, 0.15) is 16.7 Å². The maximum atomic E-state index is 6.37. The Morgan fingerprint density at radius 1 is 0.952 bits per heavy atom. The van der Waals surface area contributed by atoms with Gasteiger partial charge in [0.15, 0.2) is 5.82 Å². The molecular formula is C17H14BrClN2. The first-order valence-electron chi connectivity index (χ1n) is 6.67. The van der Waals surface area contributed by atoms with Crippen LogP contribution in [0.5, 0.6) is 0 Å². The Kier molecular flexibility index (Phi) is 3.72. The summed E-state index contributed by atoms with van der Waals surface area (Å²) in [6.07, 6.45) is 0. The van der Waals surface area contributed by atoms with Crippen LogP contribution in [0.15, 0.2) is 34.8 Å². The average Bonchev–Trinajstić information content (AvgIpc) is 2.40. The molecule has 1 aromatic heterocycles. The molecule has 2 aromatic carbocycles. The molecule has 0 unspecified atom stereocenters. The Morgan fingerprint density at radius 3 is 2.43 bits per heavy atom. The van der Waals surface area contributed by atoms with Gasteiger partial charge >= 0.3 is 0 Å². The van der Waals surface area contributed by atoms with Crippen molar-refractivity contribution in [3.05, 3.63) is 56.6 Å². The minimum Gasteiger partial charge on any atom is -0.227 e. The highest BCUT2D eigenvalue weighted by molar-refractivity contribution is 9.10. The standard InChI is InChI=1S/C17H14BrClN2/c1-9-4-5-12(11(3)6-9)17-20-15-13(16(19)21-17)7-10(2)8-14(15)18/h4-8H,1-3H3. The molecule has 0 saturated heterocycles. The quantitative estimate of drug-likeness (QED) is 0.524. The zero-order valence-corrected chi connectivity index (χ0v) is 14.4. The van der Waals surface area contributed by atoms with Gasteiger partial charge in [-0.3, -0.25) is 0 Å². The summed E-state index contributed by atoms with van der Waals surface area (Å²) in [6, 6.07) is 10.3. The summed E-state index contributed by atoms with van der Waals surface area (Å²) in [7, 11) is 0. The minimum absolute atomic E-state index is 0.486. The van der Waals surface area contributed by atoms with Gasteiger partial charge in [-0.25, -0.2) is 9.97 Å². The van der Waals surface area contributed by atoms with E-state index >= 15 is 0 Å². The second-order valence-electron chi connectivity index (χ2n) is 5.30. The number of hydrogen-bond donors (Lipinski definition) is 0. The van der Waals surface area contributed by atoms with Crippen molar-refractivity contribution in [2.75, 3.05) is 0 Å². The number of aryl methyl sites for hydroxylation is 3. The van der Waals surface area contributed by atoms with Crippen molar-refractivity contribution in [3.63, 3.8) is 0 Å². The van der Waals surface area contributed by atoms with Gasteiger partial charge in [0, 0.05) is 15.4 Å². The number of hydrogen-bond acceptors (Lipinski definition) is 2. The van der Waals surface area contributed by atoms with Crippen molar-refractivity contribution < 1.29 is 0 Å². The molecule has 1 heterocycles. The lowest BCUT2D eigenvalue weighted by Gasteiger charge is -2.09. The molecule has 21 heavy (non-hydrogen) atoms. The van der Waals surface area contributed by atoms with Gasteiger partial charge in [0.05, 0.1) is 5.52 Å². The van der Waals surface area contributed by atoms with Crippen molar-refractivity contribution in [3.8, 4) is 11.4 Å². The van der Waals surface area contributed by atoms with Crippen molar-refractivity contribution in [2.24, 2.45) is 0 Å². The summed E-state index contributed by atoms with van der Waals surface area (Å²) >= 11 is 9.94. The number of fused-ring (bicyclic) bond motifs is 1. The SMILES string of the molecule is Cc1ccc(-c2nc(Cl)c3cc(C)cc(Br)c3n2)c(C)c1. The molecule has 0 fully saturated rings. The monoisotopic (exact) mass is 360 g/mol. The highest BCUT2D eigenvalue weighted by atomic mass is 79.9. The first-order valence-corrected chi connectivity index (χ1v) is 7.84. The summed E-state index contributed by atoms with van der Waals surface area (Å²) in [5.41, 5.74) is 5.35. The molecule has 2 nitrogen and oxygen atoms in total. The van der Waals surface area contributed by atoms with E-state index in [1.54, 1.807) is 0 Å². The van der Waals surface area contributed by atoms with Crippen molar-refractivity contribution in [2.45, 2.75) is 20.8 Å². The third kappa shape index (κ3) is 2.68. The van der Waals surface area contributed by atoms with E-state index in [9.17, 15) is 0 Å². The molecule has 106 valence electrons. The maximum absolute atomic E-state index is 6.37. The Morgan fingerprint density at radius 2 is 1.71 bits per heavy atom. The molecule has 4 heteroatoms. The maximum Gasteiger partial charge on any atom is 0.161 e. The van der Waals surface area contributed by atoms with E-state index in [2.05, 4.69) is 46.9 Å². The molecule has 0 bridgehead atoms. The van der Waals surface area contributed by atoms with Crippen LogP contribution in [-0.2, 0) is 0 Å². The molecule has 3 aromatic rings. The highest BCUT2D eigenvalue weighted by Gasteiger charge is 2.12. The Balaban J connectivity index is 2.30.